The summed E-state index contributed by atoms with van der Waals surface area (Å²) in [7, 11) is 0. The molecule has 6 saturated carbocycles. The Morgan fingerprint density at radius 2 is 1.54 bits per heavy atom. The van der Waals surface area contributed by atoms with Crippen molar-refractivity contribution in [3.63, 3.8) is 0 Å². The van der Waals surface area contributed by atoms with Crippen LogP contribution in [0.3, 0.4) is 0 Å². The van der Waals surface area contributed by atoms with Gasteiger partial charge in [-0.3, -0.25) is 4.90 Å². The molecule has 7 heteroatoms. The smallest absolute Gasteiger partial charge is 0.170 e. The summed E-state index contributed by atoms with van der Waals surface area (Å²) >= 11 is 0. The number of aliphatic hydroxyl groups is 2. The number of morpholine rings is 1. The summed E-state index contributed by atoms with van der Waals surface area (Å²) in [6, 6.07) is 0. The fraction of sp³-hybridized carbons (Fsp3) is 1.00. The van der Waals surface area contributed by atoms with E-state index in [9.17, 15) is 10.2 Å². The molecule has 14 unspecified atom stereocenters. The molecule has 2 N–H and O–H groups in total. The SMILES string of the molecule is CCOC(C1CC(C)C2C(O1)C(O)C1(C)C3CCC4C(C)(C)C(OC5CN(C(C)(C)C6CCCCCCC6)CCO5)CCC45CC35CCC21C)C(C)(C)O. The predicted octanol–water partition coefficient (Wildman–Crippen LogP) is 9.16. The quantitative estimate of drug-likeness (QED) is 0.256. The molecule has 0 amide bonds. The largest absolute Gasteiger partial charge is 0.390 e. The molecule has 0 radical (unpaired) electrons. The van der Waals surface area contributed by atoms with Gasteiger partial charge < -0.3 is 29.2 Å². The van der Waals surface area contributed by atoms with Crippen LogP contribution in [0.25, 0.3) is 0 Å². The number of hydrogen-bond donors (Lipinski definition) is 2. The van der Waals surface area contributed by atoms with Gasteiger partial charge in [-0.05, 0) is 150 Å². The monoisotopic (exact) mass is 756 g/mol. The second-order valence-electron chi connectivity index (χ2n) is 22.7. The fourth-order valence-corrected chi connectivity index (χ4v) is 16.5. The first-order valence-electron chi connectivity index (χ1n) is 23.1. The van der Waals surface area contributed by atoms with Crippen molar-refractivity contribution in [1.29, 1.82) is 0 Å². The lowest BCUT2D eigenvalue weighted by molar-refractivity contribution is -0.255. The van der Waals surface area contributed by atoms with E-state index in [0.29, 0.717) is 41.1 Å². The molecule has 8 fully saturated rings. The van der Waals surface area contributed by atoms with Crippen molar-refractivity contribution in [3.8, 4) is 0 Å². The van der Waals surface area contributed by atoms with E-state index in [-0.39, 0.29) is 46.4 Å². The van der Waals surface area contributed by atoms with Crippen LogP contribution in [0.4, 0.5) is 0 Å². The van der Waals surface area contributed by atoms with E-state index in [2.05, 4.69) is 53.4 Å². The van der Waals surface area contributed by atoms with E-state index in [1.165, 1.54) is 83.5 Å². The summed E-state index contributed by atoms with van der Waals surface area (Å²) < 4.78 is 26.8. The number of rotatable bonds is 8. The Labute approximate surface area is 329 Å². The molecule has 14 atom stereocenters. The van der Waals surface area contributed by atoms with Crippen LogP contribution in [0.2, 0.25) is 0 Å². The number of fused-ring (bicyclic) bond motifs is 4. The van der Waals surface area contributed by atoms with Crippen LogP contribution in [0.1, 0.15) is 166 Å². The first-order valence-corrected chi connectivity index (χ1v) is 23.1. The highest BCUT2D eigenvalue weighted by Gasteiger charge is 2.84. The zero-order chi connectivity index (χ0) is 38.7. The molecule has 0 aromatic heterocycles. The molecule has 2 saturated heterocycles. The van der Waals surface area contributed by atoms with Crippen LogP contribution in [0, 0.1) is 56.7 Å². The van der Waals surface area contributed by atoms with Gasteiger partial charge in [-0.1, -0.05) is 66.7 Å². The third kappa shape index (κ3) is 5.86. The molecular formula is C47H81NO6. The minimum atomic E-state index is -1.01. The van der Waals surface area contributed by atoms with Crippen molar-refractivity contribution in [3.05, 3.63) is 0 Å². The molecule has 0 aromatic carbocycles. The summed E-state index contributed by atoms with van der Waals surface area (Å²) in [6.07, 6.45) is 17.8. The van der Waals surface area contributed by atoms with Gasteiger partial charge in [0.05, 0.1) is 43.2 Å². The van der Waals surface area contributed by atoms with Gasteiger partial charge >= 0.3 is 0 Å². The number of ether oxygens (including phenoxy) is 4. The molecule has 7 nitrogen and oxygen atoms in total. The van der Waals surface area contributed by atoms with Crippen molar-refractivity contribution in [2.75, 3.05) is 26.3 Å². The maximum atomic E-state index is 12.7. The van der Waals surface area contributed by atoms with Crippen LogP contribution >= 0.6 is 0 Å². The van der Waals surface area contributed by atoms with E-state index < -0.39 is 17.8 Å². The summed E-state index contributed by atoms with van der Waals surface area (Å²) in [4.78, 5) is 2.73. The summed E-state index contributed by atoms with van der Waals surface area (Å²) in [6.45, 7) is 26.4. The standard InChI is InChI=1S/C47H81NO6/c1-11-51-40(43(7,8)50)32-27-30(2)37-38(53-32)39(49)45(10)34-20-19-33-41(3,4)35(21-22-46(33)29-47(34,46)24-23-44(37,45)9)54-36-28-48(25-26-52-36)42(5,6)31-17-15-13-12-14-16-18-31/h30-40,49-50H,11-29H2,1-10H3. The lowest BCUT2D eigenvalue weighted by atomic mass is 9.41. The Morgan fingerprint density at radius 3 is 2.22 bits per heavy atom. The highest BCUT2D eigenvalue weighted by atomic mass is 16.7. The lowest BCUT2D eigenvalue weighted by Crippen LogP contribution is -2.61. The van der Waals surface area contributed by atoms with Crippen LogP contribution in [0.5, 0.6) is 0 Å². The maximum Gasteiger partial charge on any atom is 0.170 e. The molecular weight excluding hydrogens is 675 g/mol. The van der Waals surface area contributed by atoms with E-state index in [1.54, 1.807) is 0 Å². The summed E-state index contributed by atoms with van der Waals surface area (Å²) in [5.41, 5.74) is -0.277. The average molecular weight is 756 g/mol. The van der Waals surface area contributed by atoms with Crippen LogP contribution < -0.4 is 0 Å². The zero-order valence-electron chi connectivity index (χ0n) is 36.3. The fourth-order valence-electron chi connectivity index (χ4n) is 16.5. The van der Waals surface area contributed by atoms with Crippen LogP contribution in [-0.4, -0.2) is 89.4 Å². The Kier molecular flexibility index (Phi) is 10.4. The van der Waals surface area contributed by atoms with E-state index in [4.69, 9.17) is 18.9 Å². The van der Waals surface area contributed by atoms with Gasteiger partial charge in [-0.2, -0.15) is 0 Å². The van der Waals surface area contributed by atoms with Gasteiger partial charge in [0.25, 0.3) is 0 Å². The van der Waals surface area contributed by atoms with E-state index in [0.717, 1.165) is 38.5 Å². The minimum Gasteiger partial charge on any atom is -0.390 e. The second-order valence-corrected chi connectivity index (χ2v) is 22.7. The van der Waals surface area contributed by atoms with Gasteiger partial charge in [0.2, 0.25) is 0 Å². The Bertz CT molecular complexity index is 1350. The van der Waals surface area contributed by atoms with Crippen LogP contribution in [0.15, 0.2) is 0 Å². The van der Waals surface area contributed by atoms with Gasteiger partial charge in [-0.15, -0.1) is 0 Å². The molecule has 8 rings (SSSR count). The summed E-state index contributed by atoms with van der Waals surface area (Å²) in [5.74, 6) is 2.60. The second kappa shape index (κ2) is 13.9. The van der Waals surface area contributed by atoms with Crippen molar-refractivity contribution in [1.82, 2.24) is 4.90 Å². The van der Waals surface area contributed by atoms with Gasteiger partial charge in [0.15, 0.2) is 6.29 Å². The summed E-state index contributed by atoms with van der Waals surface area (Å²) in [5, 5.41) is 23.8. The lowest BCUT2D eigenvalue weighted by Gasteiger charge is -2.64. The number of aliphatic hydroxyl groups excluding tert-OH is 1. The first-order chi connectivity index (χ1) is 25.4. The van der Waals surface area contributed by atoms with Gasteiger partial charge in [-0.25, -0.2) is 0 Å². The Balaban J connectivity index is 0.981. The number of nitrogens with zero attached hydrogens (tertiary/aromatic N) is 1. The Hall–Kier alpha value is -0.280. The maximum absolute atomic E-state index is 12.7. The molecule has 0 bridgehead atoms. The Morgan fingerprint density at radius 1 is 0.870 bits per heavy atom. The molecule has 2 aliphatic heterocycles. The van der Waals surface area contributed by atoms with E-state index >= 15 is 0 Å². The highest BCUT2D eigenvalue weighted by Crippen LogP contribution is 2.89. The number of hydrogen-bond acceptors (Lipinski definition) is 7. The average Bonchev–Trinajstić information content (AvgIpc) is 3.72. The van der Waals surface area contributed by atoms with Gasteiger partial charge in [0.1, 0.15) is 6.10 Å². The molecule has 54 heavy (non-hydrogen) atoms. The van der Waals surface area contributed by atoms with Gasteiger partial charge in [0, 0.05) is 24.1 Å². The normalized spacial score (nSPS) is 49.0. The third-order valence-corrected chi connectivity index (χ3v) is 19.4. The van der Waals surface area contributed by atoms with Crippen molar-refractivity contribution in [2.24, 2.45) is 56.7 Å². The van der Waals surface area contributed by atoms with Crippen molar-refractivity contribution >= 4 is 0 Å². The minimum absolute atomic E-state index is 0.0215. The third-order valence-electron chi connectivity index (χ3n) is 19.4. The molecule has 2 spiro atoms. The highest BCUT2D eigenvalue weighted by molar-refractivity contribution is 5.33. The van der Waals surface area contributed by atoms with Crippen LogP contribution in [-0.2, 0) is 18.9 Å². The van der Waals surface area contributed by atoms with E-state index in [1.807, 2.05) is 20.8 Å². The predicted molar refractivity (Wildman–Crippen MR) is 214 cm³/mol. The molecule has 2 heterocycles. The molecule has 310 valence electrons. The topological polar surface area (TPSA) is 80.6 Å². The zero-order valence-corrected chi connectivity index (χ0v) is 36.3. The molecule has 8 aliphatic rings. The molecule has 0 aromatic rings. The first kappa shape index (κ1) is 40.5. The van der Waals surface area contributed by atoms with Crippen molar-refractivity contribution in [2.45, 2.75) is 213 Å². The van der Waals surface area contributed by atoms with Crippen molar-refractivity contribution < 1.29 is 29.2 Å². The molecule has 6 aliphatic carbocycles.